The molecular weight excluding hydrogens is 349 g/mol. The molecule has 6 nitrogen and oxygen atoms in total. The summed E-state index contributed by atoms with van der Waals surface area (Å²) in [4.78, 5) is 13.4. The fourth-order valence-corrected chi connectivity index (χ4v) is 4.42. The first-order valence-corrected chi connectivity index (χ1v) is 8.93. The fourth-order valence-electron chi connectivity index (χ4n) is 2.26. The molecule has 0 saturated carbocycles. The number of benzene rings is 1. The van der Waals surface area contributed by atoms with Crippen LogP contribution in [0.3, 0.4) is 0 Å². The van der Waals surface area contributed by atoms with Crippen molar-refractivity contribution in [3.05, 3.63) is 28.2 Å². The Morgan fingerprint density at radius 2 is 1.82 bits per heavy atom. The van der Waals surface area contributed by atoms with Gasteiger partial charge in [-0.15, -0.1) is 0 Å². The zero-order valence-corrected chi connectivity index (χ0v) is 14.3. The Morgan fingerprint density at radius 1 is 1.23 bits per heavy atom. The number of nitrogens with two attached hydrogens (primary N) is 1. The van der Waals surface area contributed by atoms with Crippen molar-refractivity contribution >= 4 is 39.1 Å². The third-order valence-electron chi connectivity index (χ3n) is 3.47. The van der Waals surface area contributed by atoms with E-state index in [2.05, 4.69) is 0 Å². The lowest BCUT2D eigenvalue weighted by atomic mass is 10.2. The molecular formula is C13H17Cl2N3O3S. The number of hydrogen-bond acceptors (Lipinski definition) is 4. The molecule has 0 aromatic heterocycles. The number of nitrogens with zero attached hydrogens (tertiary/aromatic N) is 2. The van der Waals surface area contributed by atoms with E-state index in [9.17, 15) is 13.2 Å². The molecule has 0 bridgehead atoms. The molecule has 122 valence electrons. The van der Waals surface area contributed by atoms with Crippen LogP contribution in [0.2, 0.25) is 10.0 Å². The third kappa shape index (κ3) is 3.38. The van der Waals surface area contributed by atoms with E-state index in [1.807, 2.05) is 0 Å². The first-order valence-electron chi connectivity index (χ1n) is 6.73. The fraction of sp³-hybridized carbons (Fsp3) is 0.462. The topological polar surface area (TPSA) is 83.7 Å². The summed E-state index contributed by atoms with van der Waals surface area (Å²) >= 11 is 11.9. The number of hydrogen-bond donors (Lipinski definition) is 1. The second kappa shape index (κ2) is 6.72. The number of halogens is 2. The summed E-state index contributed by atoms with van der Waals surface area (Å²) in [5.74, 6) is -0.183. The number of carbonyl (C=O) groups is 1. The average molecular weight is 366 g/mol. The lowest BCUT2D eigenvalue weighted by Crippen LogP contribution is -2.53. The molecule has 1 aromatic rings. The standard InChI is InChI=1S/C13H17Cl2N3O3S/c1-9(16)13(19)17-5-7-18(8-6-17)22(20,21)11-4-2-3-10(14)12(11)15/h2-4,9H,5-8,16H2,1H3. The molecule has 22 heavy (non-hydrogen) atoms. The molecule has 0 aliphatic carbocycles. The smallest absolute Gasteiger partial charge is 0.244 e. The van der Waals surface area contributed by atoms with Gasteiger partial charge in [-0.2, -0.15) is 4.31 Å². The summed E-state index contributed by atoms with van der Waals surface area (Å²) in [5, 5.41) is 0.201. The van der Waals surface area contributed by atoms with Gasteiger partial charge in [-0.1, -0.05) is 29.3 Å². The number of rotatable bonds is 3. The monoisotopic (exact) mass is 365 g/mol. The quantitative estimate of drug-likeness (QED) is 0.871. The van der Waals surface area contributed by atoms with E-state index in [0.29, 0.717) is 13.1 Å². The Morgan fingerprint density at radius 3 is 2.36 bits per heavy atom. The van der Waals surface area contributed by atoms with E-state index in [-0.39, 0.29) is 33.9 Å². The molecule has 1 aliphatic rings. The number of piperazine rings is 1. The molecule has 1 fully saturated rings. The summed E-state index contributed by atoms with van der Waals surface area (Å²) in [6, 6.07) is 3.90. The van der Waals surface area contributed by atoms with Crippen molar-refractivity contribution in [2.45, 2.75) is 17.9 Å². The Labute approximate surface area is 139 Å². The molecule has 2 rings (SSSR count). The highest BCUT2D eigenvalue weighted by Gasteiger charge is 2.32. The summed E-state index contributed by atoms with van der Waals surface area (Å²) in [6.45, 7) is 2.61. The minimum absolute atomic E-state index is 0.0123. The minimum atomic E-state index is -3.74. The van der Waals surface area contributed by atoms with Gasteiger partial charge in [0.05, 0.1) is 16.1 Å². The van der Waals surface area contributed by atoms with E-state index < -0.39 is 16.1 Å². The largest absolute Gasteiger partial charge is 0.339 e. The Hall–Kier alpha value is -0.860. The molecule has 1 aliphatic heterocycles. The zero-order chi connectivity index (χ0) is 16.5. The highest BCUT2D eigenvalue weighted by atomic mass is 35.5. The van der Waals surface area contributed by atoms with Crippen LogP contribution in [0.5, 0.6) is 0 Å². The Kier molecular flexibility index (Phi) is 5.34. The van der Waals surface area contributed by atoms with E-state index in [0.717, 1.165) is 0 Å². The summed E-state index contributed by atoms with van der Waals surface area (Å²) in [6.07, 6.45) is 0. The van der Waals surface area contributed by atoms with Crippen molar-refractivity contribution in [2.75, 3.05) is 26.2 Å². The molecule has 1 saturated heterocycles. The molecule has 0 radical (unpaired) electrons. The minimum Gasteiger partial charge on any atom is -0.339 e. The second-order valence-corrected chi connectivity index (χ2v) is 7.76. The van der Waals surface area contributed by atoms with Crippen molar-refractivity contribution in [3.63, 3.8) is 0 Å². The van der Waals surface area contributed by atoms with Gasteiger partial charge in [-0.3, -0.25) is 4.79 Å². The van der Waals surface area contributed by atoms with E-state index in [1.54, 1.807) is 11.8 Å². The molecule has 1 amide bonds. The summed E-state index contributed by atoms with van der Waals surface area (Å²) in [7, 11) is -3.74. The maximum absolute atomic E-state index is 12.6. The van der Waals surface area contributed by atoms with Gasteiger partial charge in [-0.25, -0.2) is 8.42 Å². The number of carbonyl (C=O) groups excluding carboxylic acids is 1. The van der Waals surface area contributed by atoms with E-state index in [1.165, 1.54) is 22.5 Å². The Bertz CT molecular complexity index is 671. The van der Waals surface area contributed by atoms with Crippen molar-refractivity contribution in [2.24, 2.45) is 5.73 Å². The third-order valence-corrected chi connectivity index (χ3v) is 6.35. The number of amides is 1. The lowest BCUT2D eigenvalue weighted by Gasteiger charge is -2.34. The van der Waals surface area contributed by atoms with Gasteiger partial charge in [0.25, 0.3) is 0 Å². The van der Waals surface area contributed by atoms with Crippen LogP contribution in [-0.4, -0.2) is 55.8 Å². The van der Waals surface area contributed by atoms with Crippen LogP contribution >= 0.6 is 23.2 Å². The van der Waals surface area contributed by atoms with Gasteiger partial charge >= 0.3 is 0 Å². The van der Waals surface area contributed by atoms with Crippen molar-refractivity contribution in [1.29, 1.82) is 0 Å². The molecule has 1 heterocycles. The van der Waals surface area contributed by atoms with Crippen molar-refractivity contribution < 1.29 is 13.2 Å². The highest BCUT2D eigenvalue weighted by Crippen LogP contribution is 2.31. The van der Waals surface area contributed by atoms with E-state index >= 15 is 0 Å². The van der Waals surface area contributed by atoms with Crippen LogP contribution in [0.15, 0.2) is 23.1 Å². The average Bonchev–Trinajstić information content (AvgIpc) is 2.49. The van der Waals surface area contributed by atoms with Gasteiger partial charge in [0.15, 0.2) is 0 Å². The van der Waals surface area contributed by atoms with Crippen LogP contribution < -0.4 is 5.73 Å². The normalized spacial score (nSPS) is 18.3. The predicted molar refractivity (Wildman–Crippen MR) is 85.5 cm³/mol. The van der Waals surface area contributed by atoms with Gasteiger partial charge in [0.1, 0.15) is 4.90 Å². The van der Waals surface area contributed by atoms with Gasteiger partial charge in [0.2, 0.25) is 15.9 Å². The highest BCUT2D eigenvalue weighted by molar-refractivity contribution is 7.89. The molecule has 1 aromatic carbocycles. The Balaban J connectivity index is 2.17. The number of sulfonamides is 1. The summed E-state index contributed by atoms with van der Waals surface area (Å²) in [5.41, 5.74) is 5.56. The van der Waals surface area contributed by atoms with Crippen molar-refractivity contribution in [3.8, 4) is 0 Å². The maximum atomic E-state index is 12.6. The van der Waals surface area contributed by atoms with Crippen LogP contribution in [0.25, 0.3) is 0 Å². The molecule has 1 unspecified atom stereocenters. The van der Waals surface area contributed by atoms with Gasteiger partial charge in [-0.05, 0) is 19.1 Å². The second-order valence-electron chi connectivity index (χ2n) is 5.07. The first kappa shape index (κ1) is 17.5. The zero-order valence-electron chi connectivity index (χ0n) is 12.0. The predicted octanol–water partition coefficient (Wildman–Crippen LogP) is 1.17. The van der Waals surface area contributed by atoms with Crippen LogP contribution in [-0.2, 0) is 14.8 Å². The van der Waals surface area contributed by atoms with Gasteiger partial charge in [0, 0.05) is 26.2 Å². The van der Waals surface area contributed by atoms with Crippen LogP contribution in [0, 0.1) is 0 Å². The van der Waals surface area contributed by atoms with Crippen LogP contribution in [0.1, 0.15) is 6.92 Å². The molecule has 0 spiro atoms. The molecule has 9 heteroatoms. The molecule has 2 N–H and O–H groups in total. The van der Waals surface area contributed by atoms with Gasteiger partial charge < -0.3 is 10.6 Å². The maximum Gasteiger partial charge on any atom is 0.244 e. The SMILES string of the molecule is CC(N)C(=O)N1CCN(S(=O)(=O)c2cccc(Cl)c2Cl)CC1. The van der Waals surface area contributed by atoms with Crippen molar-refractivity contribution in [1.82, 2.24) is 9.21 Å². The van der Waals surface area contributed by atoms with Crippen LogP contribution in [0.4, 0.5) is 0 Å². The molecule has 1 atom stereocenters. The first-order chi connectivity index (χ1) is 10.2. The summed E-state index contributed by atoms with van der Waals surface area (Å²) < 4.78 is 26.6. The van der Waals surface area contributed by atoms with E-state index in [4.69, 9.17) is 28.9 Å². The lowest BCUT2D eigenvalue weighted by molar-refractivity contribution is -0.133.